The molecule has 1 aliphatic carbocycles. The molecular weight excluding hydrogens is 174 g/mol. The van der Waals surface area contributed by atoms with Crippen molar-refractivity contribution in [2.24, 2.45) is 0 Å². The minimum atomic E-state index is 0.457. The second kappa shape index (κ2) is 4.19. The summed E-state index contributed by atoms with van der Waals surface area (Å²) in [6.45, 7) is 4.26. The maximum absolute atomic E-state index is 5.76. The second-order valence-electron chi connectivity index (χ2n) is 5.09. The number of hydrogen-bond acceptors (Lipinski definition) is 2. The smallest absolute Gasteiger partial charge is 0.0597 e. The fraction of sp³-hybridized carbons (Fsp3) is 1.00. The molecule has 1 unspecified atom stereocenters. The third-order valence-corrected chi connectivity index (χ3v) is 4.09. The first kappa shape index (κ1) is 10.4. The van der Waals surface area contributed by atoms with Crippen molar-refractivity contribution in [3.05, 3.63) is 0 Å². The molecule has 14 heavy (non-hydrogen) atoms. The molecule has 1 saturated heterocycles. The highest BCUT2D eigenvalue weighted by molar-refractivity contribution is 4.94. The molecule has 0 amide bonds. The fourth-order valence-corrected chi connectivity index (χ4v) is 3.17. The van der Waals surface area contributed by atoms with Gasteiger partial charge in [-0.25, -0.2) is 0 Å². The lowest BCUT2D eigenvalue weighted by molar-refractivity contribution is 0.0534. The highest BCUT2D eigenvalue weighted by Crippen LogP contribution is 2.38. The molecular formula is C12H23NO. The van der Waals surface area contributed by atoms with Gasteiger partial charge in [0, 0.05) is 12.1 Å². The van der Waals surface area contributed by atoms with Gasteiger partial charge in [0.25, 0.3) is 0 Å². The molecule has 1 atom stereocenters. The van der Waals surface area contributed by atoms with Crippen molar-refractivity contribution in [1.82, 2.24) is 4.90 Å². The van der Waals surface area contributed by atoms with Crippen molar-refractivity contribution in [3.63, 3.8) is 0 Å². The summed E-state index contributed by atoms with van der Waals surface area (Å²) in [5.41, 5.74) is 0.480. The molecule has 1 aliphatic heterocycles. The van der Waals surface area contributed by atoms with Gasteiger partial charge in [-0.05, 0) is 33.2 Å². The molecule has 2 nitrogen and oxygen atoms in total. The first-order valence-electron chi connectivity index (χ1n) is 6.06. The summed E-state index contributed by atoms with van der Waals surface area (Å²) in [5.74, 6) is 0. The van der Waals surface area contributed by atoms with E-state index in [-0.39, 0.29) is 0 Å². The predicted molar refractivity (Wildman–Crippen MR) is 58.5 cm³/mol. The van der Waals surface area contributed by atoms with Crippen molar-refractivity contribution in [1.29, 1.82) is 0 Å². The van der Waals surface area contributed by atoms with Gasteiger partial charge >= 0.3 is 0 Å². The Balaban J connectivity index is 2.10. The van der Waals surface area contributed by atoms with Crippen LogP contribution in [0, 0.1) is 0 Å². The van der Waals surface area contributed by atoms with Gasteiger partial charge < -0.3 is 4.74 Å². The van der Waals surface area contributed by atoms with Crippen molar-refractivity contribution in [2.75, 3.05) is 20.2 Å². The Labute approximate surface area is 87.6 Å². The van der Waals surface area contributed by atoms with Crippen LogP contribution in [0.15, 0.2) is 0 Å². The molecule has 82 valence electrons. The quantitative estimate of drug-likeness (QED) is 0.591. The molecule has 2 rings (SSSR count). The first-order valence-corrected chi connectivity index (χ1v) is 6.06. The van der Waals surface area contributed by atoms with Gasteiger partial charge in [-0.15, -0.1) is 0 Å². The molecule has 1 heterocycles. The Bertz CT molecular complexity index is 187. The maximum Gasteiger partial charge on any atom is 0.0597 e. The zero-order valence-corrected chi connectivity index (χ0v) is 9.59. The van der Waals surface area contributed by atoms with Crippen molar-refractivity contribution in [3.8, 4) is 0 Å². The summed E-state index contributed by atoms with van der Waals surface area (Å²) in [6.07, 6.45) is 8.73. The lowest BCUT2D eigenvalue weighted by atomic mass is 9.77. The average molecular weight is 197 g/mol. The number of hydrogen-bond donors (Lipinski definition) is 0. The molecule has 0 radical (unpaired) electrons. The number of rotatable bonds is 0. The van der Waals surface area contributed by atoms with Gasteiger partial charge in [-0.3, -0.25) is 4.90 Å². The minimum absolute atomic E-state index is 0.457. The Morgan fingerprint density at radius 2 is 1.93 bits per heavy atom. The van der Waals surface area contributed by atoms with Gasteiger partial charge in [-0.1, -0.05) is 19.3 Å². The Kier molecular flexibility index (Phi) is 3.13. The third kappa shape index (κ3) is 1.96. The van der Waals surface area contributed by atoms with E-state index in [1.165, 1.54) is 38.5 Å². The third-order valence-electron chi connectivity index (χ3n) is 4.09. The van der Waals surface area contributed by atoms with E-state index in [9.17, 15) is 0 Å². The van der Waals surface area contributed by atoms with E-state index in [2.05, 4.69) is 18.9 Å². The van der Waals surface area contributed by atoms with E-state index >= 15 is 0 Å². The fourth-order valence-electron chi connectivity index (χ4n) is 3.17. The summed E-state index contributed by atoms with van der Waals surface area (Å²) >= 11 is 0. The van der Waals surface area contributed by atoms with E-state index in [1.807, 2.05) is 0 Å². The Morgan fingerprint density at radius 1 is 1.21 bits per heavy atom. The topological polar surface area (TPSA) is 12.5 Å². The van der Waals surface area contributed by atoms with Crippen LogP contribution in [0.3, 0.4) is 0 Å². The van der Waals surface area contributed by atoms with Gasteiger partial charge in [-0.2, -0.15) is 0 Å². The van der Waals surface area contributed by atoms with Crippen LogP contribution in [0.1, 0.15) is 45.4 Å². The van der Waals surface area contributed by atoms with Crippen LogP contribution >= 0.6 is 0 Å². The van der Waals surface area contributed by atoms with Crippen LogP contribution in [-0.2, 0) is 4.74 Å². The molecule has 0 bridgehead atoms. The van der Waals surface area contributed by atoms with Crippen molar-refractivity contribution < 1.29 is 4.74 Å². The van der Waals surface area contributed by atoms with Gasteiger partial charge in [0.1, 0.15) is 0 Å². The van der Waals surface area contributed by atoms with Gasteiger partial charge in [0.15, 0.2) is 0 Å². The molecule has 2 fully saturated rings. The van der Waals surface area contributed by atoms with Crippen LogP contribution in [0.5, 0.6) is 0 Å². The van der Waals surface area contributed by atoms with E-state index in [0.29, 0.717) is 11.6 Å². The number of likely N-dealkylation sites (N-methyl/N-ethyl adjacent to an activating group) is 1. The molecule has 2 heteroatoms. The van der Waals surface area contributed by atoms with Crippen LogP contribution in [0.25, 0.3) is 0 Å². The summed E-state index contributed by atoms with van der Waals surface area (Å²) < 4.78 is 5.76. The van der Waals surface area contributed by atoms with E-state index in [1.54, 1.807) is 0 Å². The van der Waals surface area contributed by atoms with Gasteiger partial charge in [0.05, 0.1) is 12.7 Å². The minimum Gasteiger partial charge on any atom is -0.377 e. The lowest BCUT2D eigenvalue weighted by Crippen LogP contribution is -2.48. The summed E-state index contributed by atoms with van der Waals surface area (Å²) in [6, 6.07) is 0. The molecule has 0 aromatic heterocycles. The van der Waals surface area contributed by atoms with Crippen LogP contribution in [0.2, 0.25) is 0 Å². The van der Waals surface area contributed by atoms with Crippen LogP contribution in [-0.4, -0.2) is 36.7 Å². The Hall–Kier alpha value is -0.0800. The van der Waals surface area contributed by atoms with E-state index in [4.69, 9.17) is 4.74 Å². The normalized spacial score (nSPS) is 34.3. The van der Waals surface area contributed by atoms with Crippen molar-refractivity contribution >= 4 is 0 Å². The monoisotopic (exact) mass is 197 g/mol. The lowest BCUT2D eigenvalue weighted by Gasteiger charge is -2.44. The highest BCUT2D eigenvalue weighted by atomic mass is 16.5. The van der Waals surface area contributed by atoms with E-state index < -0.39 is 0 Å². The SMILES string of the molecule is CC1CC2(CCCCC2)N(C)CCO1. The molecule has 1 spiro atoms. The molecule has 0 aromatic carbocycles. The van der Waals surface area contributed by atoms with Crippen LogP contribution in [0.4, 0.5) is 0 Å². The Morgan fingerprint density at radius 3 is 2.64 bits per heavy atom. The molecule has 0 N–H and O–H groups in total. The van der Waals surface area contributed by atoms with Crippen LogP contribution < -0.4 is 0 Å². The summed E-state index contributed by atoms with van der Waals surface area (Å²) in [4.78, 5) is 2.57. The second-order valence-corrected chi connectivity index (χ2v) is 5.09. The summed E-state index contributed by atoms with van der Waals surface area (Å²) in [5, 5.41) is 0. The standard InChI is InChI=1S/C12H23NO/c1-11-10-12(6-4-3-5-7-12)13(2)8-9-14-11/h11H,3-10H2,1-2H3. The number of ether oxygens (including phenoxy) is 1. The largest absolute Gasteiger partial charge is 0.377 e. The van der Waals surface area contributed by atoms with Crippen molar-refractivity contribution in [2.45, 2.75) is 57.1 Å². The van der Waals surface area contributed by atoms with Gasteiger partial charge in [0.2, 0.25) is 0 Å². The summed E-state index contributed by atoms with van der Waals surface area (Å²) in [7, 11) is 2.28. The molecule has 0 aromatic rings. The highest BCUT2D eigenvalue weighted by Gasteiger charge is 2.38. The molecule has 1 saturated carbocycles. The first-order chi connectivity index (χ1) is 6.73. The maximum atomic E-state index is 5.76. The average Bonchev–Trinajstić information content (AvgIpc) is 2.29. The predicted octanol–water partition coefficient (Wildman–Crippen LogP) is 2.43. The zero-order chi connectivity index (χ0) is 10.0. The zero-order valence-electron chi connectivity index (χ0n) is 9.59. The number of nitrogens with zero attached hydrogens (tertiary/aromatic N) is 1. The molecule has 2 aliphatic rings. The van der Waals surface area contributed by atoms with E-state index in [0.717, 1.165) is 13.2 Å².